The summed E-state index contributed by atoms with van der Waals surface area (Å²) < 4.78 is 12.5. The van der Waals surface area contributed by atoms with Crippen molar-refractivity contribution in [2.24, 2.45) is 0 Å². The molecule has 1 amide bonds. The second kappa shape index (κ2) is 9.65. The van der Waals surface area contributed by atoms with Crippen LogP contribution in [0.1, 0.15) is 30.8 Å². The van der Waals surface area contributed by atoms with E-state index in [1.165, 1.54) is 4.68 Å². The minimum atomic E-state index is -0.229. The Balaban J connectivity index is 1.78. The standard InChI is InChI=1S/C17H21Cl2N3O3/c1-12(2)24-9-3-7-20-17(23)15-6-8-22(21-15)11-25-16-5-4-13(18)10-14(16)19/h4-6,8,10,12H,3,7,9,11H2,1-2H3,(H,20,23). The molecule has 0 bridgehead atoms. The molecule has 1 heterocycles. The summed E-state index contributed by atoms with van der Waals surface area (Å²) >= 11 is 11.9. The first-order valence-electron chi connectivity index (χ1n) is 7.97. The third-order valence-corrected chi connectivity index (χ3v) is 3.71. The zero-order chi connectivity index (χ0) is 18.2. The fourth-order valence-corrected chi connectivity index (χ4v) is 2.43. The number of nitrogens with one attached hydrogen (secondary N) is 1. The van der Waals surface area contributed by atoms with Crippen LogP contribution in [-0.4, -0.2) is 34.9 Å². The molecule has 6 nitrogen and oxygen atoms in total. The van der Waals surface area contributed by atoms with Crippen LogP contribution < -0.4 is 10.1 Å². The molecule has 0 unspecified atom stereocenters. The summed E-state index contributed by atoms with van der Waals surface area (Å²) in [5.41, 5.74) is 0.329. The van der Waals surface area contributed by atoms with Crippen LogP contribution in [0.5, 0.6) is 5.75 Å². The first-order valence-corrected chi connectivity index (χ1v) is 8.72. The number of rotatable bonds is 9. The molecular weight excluding hydrogens is 365 g/mol. The van der Waals surface area contributed by atoms with Gasteiger partial charge in [0.25, 0.3) is 5.91 Å². The van der Waals surface area contributed by atoms with E-state index in [2.05, 4.69) is 10.4 Å². The van der Waals surface area contributed by atoms with Crippen molar-refractivity contribution < 1.29 is 14.3 Å². The van der Waals surface area contributed by atoms with E-state index in [9.17, 15) is 4.79 Å². The number of carbonyl (C=O) groups excluding carboxylic acids is 1. The molecule has 0 aliphatic rings. The highest BCUT2D eigenvalue weighted by Crippen LogP contribution is 2.27. The lowest BCUT2D eigenvalue weighted by Gasteiger charge is -2.08. The van der Waals surface area contributed by atoms with Gasteiger partial charge in [-0.05, 0) is 44.5 Å². The molecule has 0 saturated heterocycles. The summed E-state index contributed by atoms with van der Waals surface area (Å²) in [5.74, 6) is 0.269. The van der Waals surface area contributed by atoms with Crippen molar-refractivity contribution >= 4 is 29.1 Å². The molecule has 0 radical (unpaired) electrons. The summed E-state index contributed by atoms with van der Waals surface area (Å²) in [7, 11) is 0. The van der Waals surface area contributed by atoms with E-state index in [0.29, 0.717) is 34.6 Å². The van der Waals surface area contributed by atoms with Crippen molar-refractivity contribution in [3.05, 3.63) is 46.2 Å². The van der Waals surface area contributed by atoms with E-state index in [4.69, 9.17) is 32.7 Å². The van der Waals surface area contributed by atoms with E-state index in [0.717, 1.165) is 6.42 Å². The van der Waals surface area contributed by atoms with Gasteiger partial charge in [-0.15, -0.1) is 0 Å². The smallest absolute Gasteiger partial charge is 0.271 e. The number of amides is 1. The van der Waals surface area contributed by atoms with Crippen LogP contribution in [0.15, 0.2) is 30.5 Å². The monoisotopic (exact) mass is 385 g/mol. The molecule has 1 aromatic heterocycles. The Morgan fingerprint density at radius 3 is 2.84 bits per heavy atom. The lowest BCUT2D eigenvalue weighted by atomic mass is 10.3. The van der Waals surface area contributed by atoms with Crippen molar-refractivity contribution in [3.63, 3.8) is 0 Å². The molecule has 25 heavy (non-hydrogen) atoms. The average molecular weight is 386 g/mol. The van der Waals surface area contributed by atoms with Crippen molar-refractivity contribution in [2.45, 2.75) is 33.1 Å². The van der Waals surface area contributed by atoms with Crippen LogP contribution >= 0.6 is 23.2 Å². The molecule has 0 saturated carbocycles. The van der Waals surface area contributed by atoms with Gasteiger partial charge in [0, 0.05) is 24.4 Å². The maximum Gasteiger partial charge on any atom is 0.271 e. The Labute approximate surface area is 157 Å². The number of aromatic nitrogens is 2. The quantitative estimate of drug-likeness (QED) is 0.667. The maximum atomic E-state index is 12.0. The Morgan fingerprint density at radius 2 is 2.12 bits per heavy atom. The number of hydrogen-bond acceptors (Lipinski definition) is 4. The third-order valence-electron chi connectivity index (χ3n) is 3.18. The average Bonchev–Trinajstić information content (AvgIpc) is 3.02. The van der Waals surface area contributed by atoms with Gasteiger partial charge in [-0.3, -0.25) is 4.79 Å². The highest BCUT2D eigenvalue weighted by Gasteiger charge is 2.09. The van der Waals surface area contributed by atoms with E-state index in [-0.39, 0.29) is 18.7 Å². The molecule has 136 valence electrons. The molecule has 2 rings (SSSR count). The molecule has 0 spiro atoms. The minimum absolute atomic E-state index is 0.136. The van der Waals surface area contributed by atoms with Gasteiger partial charge in [0.05, 0.1) is 11.1 Å². The number of carbonyl (C=O) groups is 1. The van der Waals surface area contributed by atoms with Gasteiger partial charge >= 0.3 is 0 Å². The first-order chi connectivity index (χ1) is 12.0. The highest BCUT2D eigenvalue weighted by molar-refractivity contribution is 6.35. The number of nitrogens with zero attached hydrogens (tertiary/aromatic N) is 2. The topological polar surface area (TPSA) is 65.4 Å². The SMILES string of the molecule is CC(C)OCCCNC(=O)c1ccn(COc2ccc(Cl)cc2Cl)n1. The lowest BCUT2D eigenvalue weighted by molar-refractivity contribution is 0.0756. The first kappa shape index (κ1) is 19.6. The summed E-state index contributed by atoms with van der Waals surface area (Å²) in [6.45, 7) is 5.24. The zero-order valence-electron chi connectivity index (χ0n) is 14.2. The Hall–Kier alpha value is -1.76. The second-order valence-electron chi connectivity index (χ2n) is 5.62. The fraction of sp³-hybridized carbons (Fsp3) is 0.412. The number of hydrogen-bond donors (Lipinski definition) is 1. The van der Waals surface area contributed by atoms with Crippen LogP contribution in [-0.2, 0) is 11.5 Å². The molecule has 0 fully saturated rings. The van der Waals surface area contributed by atoms with E-state index in [1.54, 1.807) is 30.5 Å². The van der Waals surface area contributed by atoms with Crippen LogP contribution in [0.25, 0.3) is 0 Å². The molecule has 1 aromatic carbocycles. The molecule has 1 N–H and O–H groups in total. The lowest BCUT2D eigenvalue weighted by Crippen LogP contribution is -2.26. The summed E-state index contributed by atoms with van der Waals surface area (Å²) in [6.07, 6.45) is 2.62. The largest absolute Gasteiger partial charge is 0.470 e. The fourth-order valence-electron chi connectivity index (χ4n) is 1.97. The van der Waals surface area contributed by atoms with E-state index in [1.807, 2.05) is 13.8 Å². The zero-order valence-corrected chi connectivity index (χ0v) is 15.7. The molecule has 2 aromatic rings. The summed E-state index contributed by atoms with van der Waals surface area (Å²) in [5, 5.41) is 7.94. The van der Waals surface area contributed by atoms with Gasteiger partial charge in [0.1, 0.15) is 11.4 Å². The molecule has 0 atom stereocenters. The van der Waals surface area contributed by atoms with Gasteiger partial charge < -0.3 is 14.8 Å². The van der Waals surface area contributed by atoms with Gasteiger partial charge in [-0.1, -0.05) is 23.2 Å². The van der Waals surface area contributed by atoms with Crippen molar-refractivity contribution in [1.29, 1.82) is 0 Å². The normalized spacial score (nSPS) is 10.9. The number of halogens is 2. The van der Waals surface area contributed by atoms with Gasteiger partial charge in [-0.2, -0.15) is 5.10 Å². The van der Waals surface area contributed by atoms with Crippen LogP contribution in [0, 0.1) is 0 Å². The van der Waals surface area contributed by atoms with Crippen molar-refractivity contribution in [3.8, 4) is 5.75 Å². The van der Waals surface area contributed by atoms with Crippen LogP contribution in [0.3, 0.4) is 0 Å². The van der Waals surface area contributed by atoms with Gasteiger partial charge in [0.15, 0.2) is 6.73 Å². The summed E-state index contributed by atoms with van der Waals surface area (Å²) in [6, 6.07) is 6.60. The van der Waals surface area contributed by atoms with Crippen LogP contribution in [0.4, 0.5) is 0 Å². The van der Waals surface area contributed by atoms with E-state index >= 15 is 0 Å². The number of ether oxygens (including phenoxy) is 2. The maximum absolute atomic E-state index is 12.0. The van der Waals surface area contributed by atoms with Gasteiger partial charge in [-0.25, -0.2) is 4.68 Å². The predicted molar refractivity (Wildman–Crippen MR) is 97.4 cm³/mol. The third kappa shape index (κ3) is 6.57. The van der Waals surface area contributed by atoms with Gasteiger partial charge in [0.2, 0.25) is 0 Å². The Bertz CT molecular complexity index is 704. The predicted octanol–water partition coefficient (Wildman–Crippen LogP) is 3.77. The molecular formula is C17H21Cl2N3O3. The summed E-state index contributed by atoms with van der Waals surface area (Å²) in [4.78, 5) is 12.0. The Kier molecular flexibility index (Phi) is 7.55. The van der Waals surface area contributed by atoms with Crippen molar-refractivity contribution in [1.82, 2.24) is 15.1 Å². The number of benzene rings is 1. The van der Waals surface area contributed by atoms with Crippen molar-refractivity contribution in [2.75, 3.05) is 13.2 Å². The van der Waals surface area contributed by atoms with E-state index < -0.39 is 0 Å². The molecule has 0 aliphatic carbocycles. The molecule has 8 heteroatoms. The highest BCUT2D eigenvalue weighted by atomic mass is 35.5. The minimum Gasteiger partial charge on any atom is -0.470 e. The Morgan fingerprint density at radius 1 is 1.32 bits per heavy atom. The van der Waals surface area contributed by atoms with Crippen LogP contribution in [0.2, 0.25) is 10.0 Å². The second-order valence-corrected chi connectivity index (χ2v) is 6.46. The molecule has 0 aliphatic heterocycles.